The second-order valence-electron chi connectivity index (χ2n) is 4.57. The van der Waals surface area contributed by atoms with Gasteiger partial charge in [0.25, 0.3) is 0 Å². The Morgan fingerprint density at radius 3 is 3.00 bits per heavy atom. The van der Waals surface area contributed by atoms with Crippen molar-refractivity contribution >= 4 is 11.8 Å². The van der Waals surface area contributed by atoms with Crippen LogP contribution in [0.4, 0.5) is 0 Å². The summed E-state index contributed by atoms with van der Waals surface area (Å²) in [5.74, 6) is 1.01. The number of hydrogen-bond acceptors (Lipinski definition) is 3. The number of benzene rings is 1. The van der Waals surface area contributed by atoms with Gasteiger partial charge in [-0.05, 0) is 25.8 Å². The maximum atomic E-state index is 9.61. The Hall–Kier alpha value is -0.980. The molecule has 1 aliphatic rings. The quantitative estimate of drug-likeness (QED) is 0.889. The first-order chi connectivity index (χ1) is 8.22. The van der Waals surface area contributed by atoms with Crippen molar-refractivity contribution < 1.29 is 0 Å². The second-order valence-corrected chi connectivity index (χ2v) is 5.70. The highest BCUT2D eigenvalue weighted by Gasteiger charge is 2.37. The number of rotatable bonds is 3. The lowest BCUT2D eigenvalue weighted by atomic mass is 9.87. The third-order valence-corrected chi connectivity index (χ3v) is 4.45. The number of hydrogen-bond donors (Lipinski definition) is 1. The Balaban J connectivity index is 2.40. The zero-order chi connectivity index (χ0) is 12.3. The van der Waals surface area contributed by atoms with E-state index < -0.39 is 5.54 Å². The molecule has 90 valence electrons. The second kappa shape index (κ2) is 5.12. The molecule has 1 aromatic carbocycles. The highest BCUT2D eigenvalue weighted by atomic mass is 32.2. The summed E-state index contributed by atoms with van der Waals surface area (Å²) in [4.78, 5) is 1.25. The molecule has 2 atom stereocenters. The SMILES string of the molecule is CCC(C)NC1(C#N)CCSc2ccccc21. The highest BCUT2D eigenvalue weighted by Crippen LogP contribution is 2.40. The van der Waals surface area contributed by atoms with Gasteiger partial charge in [0.1, 0.15) is 5.54 Å². The van der Waals surface area contributed by atoms with E-state index in [1.165, 1.54) is 4.90 Å². The van der Waals surface area contributed by atoms with Crippen LogP contribution in [0.2, 0.25) is 0 Å². The van der Waals surface area contributed by atoms with Crippen molar-refractivity contribution in [3.8, 4) is 6.07 Å². The Bertz CT molecular complexity index is 438. The number of nitriles is 1. The van der Waals surface area contributed by atoms with Gasteiger partial charge in [-0.1, -0.05) is 25.1 Å². The summed E-state index contributed by atoms with van der Waals surface area (Å²) in [5, 5.41) is 13.1. The van der Waals surface area contributed by atoms with Crippen molar-refractivity contribution in [1.82, 2.24) is 5.32 Å². The molecule has 1 heterocycles. The third-order valence-electron chi connectivity index (χ3n) is 3.38. The van der Waals surface area contributed by atoms with Crippen LogP contribution < -0.4 is 5.32 Å². The molecule has 1 N–H and O–H groups in total. The Labute approximate surface area is 107 Å². The summed E-state index contributed by atoms with van der Waals surface area (Å²) < 4.78 is 0. The van der Waals surface area contributed by atoms with Crippen LogP contribution in [0.5, 0.6) is 0 Å². The Kier molecular flexibility index (Phi) is 3.76. The molecule has 0 fully saturated rings. The van der Waals surface area contributed by atoms with E-state index in [0.717, 1.165) is 24.2 Å². The molecule has 0 radical (unpaired) electrons. The van der Waals surface area contributed by atoms with Crippen molar-refractivity contribution in [3.63, 3.8) is 0 Å². The lowest BCUT2D eigenvalue weighted by Gasteiger charge is -2.36. The molecule has 3 heteroatoms. The van der Waals surface area contributed by atoms with E-state index in [1.807, 2.05) is 23.9 Å². The van der Waals surface area contributed by atoms with Crippen LogP contribution in [-0.4, -0.2) is 11.8 Å². The van der Waals surface area contributed by atoms with Gasteiger partial charge in [0.2, 0.25) is 0 Å². The van der Waals surface area contributed by atoms with E-state index in [4.69, 9.17) is 0 Å². The minimum Gasteiger partial charge on any atom is -0.293 e. The fourth-order valence-corrected chi connectivity index (χ4v) is 3.42. The van der Waals surface area contributed by atoms with Gasteiger partial charge in [-0.3, -0.25) is 5.32 Å². The minimum absolute atomic E-state index is 0.366. The maximum absolute atomic E-state index is 9.61. The van der Waals surface area contributed by atoms with Crippen molar-refractivity contribution in [2.24, 2.45) is 0 Å². The summed E-state index contributed by atoms with van der Waals surface area (Å²) in [6.07, 6.45) is 1.92. The first-order valence-electron chi connectivity index (χ1n) is 6.13. The number of nitrogens with zero attached hydrogens (tertiary/aromatic N) is 1. The van der Waals surface area contributed by atoms with Crippen molar-refractivity contribution in [2.45, 2.75) is 43.2 Å². The van der Waals surface area contributed by atoms with E-state index in [-0.39, 0.29) is 0 Å². The molecule has 2 nitrogen and oxygen atoms in total. The van der Waals surface area contributed by atoms with Gasteiger partial charge >= 0.3 is 0 Å². The number of nitrogens with one attached hydrogen (secondary N) is 1. The summed E-state index contributed by atoms with van der Waals surface area (Å²) >= 11 is 1.85. The molecule has 0 amide bonds. The molecular weight excluding hydrogens is 228 g/mol. The molecule has 0 bridgehead atoms. The van der Waals surface area contributed by atoms with Gasteiger partial charge in [0.15, 0.2) is 0 Å². The monoisotopic (exact) mass is 246 g/mol. The first-order valence-corrected chi connectivity index (χ1v) is 7.11. The molecule has 0 aliphatic carbocycles. The maximum Gasteiger partial charge on any atom is 0.134 e. The van der Waals surface area contributed by atoms with Crippen LogP contribution in [0.15, 0.2) is 29.2 Å². The van der Waals surface area contributed by atoms with Gasteiger partial charge in [-0.2, -0.15) is 5.26 Å². The molecule has 2 rings (SSSR count). The Morgan fingerprint density at radius 2 is 2.29 bits per heavy atom. The average molecular weight is 246 g/mol. The van der Waals surface area contributed by atoms with Crippen molar-refractivity contribution in [3.05, 3.63) is 29.8 Å². The van der Waals surface area contributed by atoms with E-state index in [0.29, 0.717) is 6.04 Å². The summed E-state index contributed by atoms with van der Waals surface area (Å²) in [6, 6.07) is 11.1. The molecule has 2 unspecified atom stereocenters. The summed E-state index contributed by atoms with van der Waals surface area (Å²) in [5.41, 5.74) is 0.663. The normalized spacial score (nSPS) is 24.8. The standard InChI is InChI=1S/C14H18N2S/c1-3-11(2)16-14(10-15)8-9-17-13-7-5-4-6-12(13)14/h4-7,11,16H,3,8-9H2,1-2H3. The molecule has 0 spiro atoms. The Morgan fingerprint density at radius 1 is 1.53 bits per heavy atom. The molecule has 0 aromatic heterocycles. The fourth-order valence-electron chi connectivity index (χ4n) is 2.21. The molecular formula is C14H18N2S. The lowest BCUT2D eigenvalue weighted by Crippen LogP contribution is -2.47. The van der Waals surface area contributed by atoms with Gasteiger partial charge in [-0.25, -0.2) is 0 Å². The van der Waals surface area contributed by atoms with E-state index in [2.05, 4.69) is 37.4 Å². The van der Waals surface area contributed by atoms with Gasteiger partial charge in [0.05, 0.1) is 6.07 Å². The van der Waals surface area contributed by atoms with Crippen LogP contribution in [0.25, 0.3) is 0 Å². The van der Waals surface area contributed by atoms with Crippen LogP contribution in [-0.2, 0) is 5.54 Å². The van der Waals surface area contributed by atoms with Gasteiger partial charge in [-0.15, -0.1) is 11.8 Å². The predicted molar refractivity (Wildman–Crippen MR) is 72.0 cm³/mol. The summed E-state index contributed by atoms with van der Waals surface area (Å²) in [7, 11) is 0. The van der Waals surface area contributed by atoms with Crippen LogP contribution in [0, 0.1) is 11.3 Å². The van der Waals surface area contributed by atoms with Crippen LogP contribution in [0.3, 0.4) is 0 Å². The predicted octanol–water partition coefficient (Wildman–Crippen LogP) is 3.29. The smallest absolute Gasteiger partial charge is 0.134 e. The van der Waals surface area contributed by atoms with E-state index in [9.17, 15) is 5.26 Å². The van der Waals surface area contributed by atoms with Gasteiger partial charge < -0.3 is 0 Å². The van der Waals surface area contributed by atoms with Crippen molar-refractivity contribution in [1.29, 1.82) is 5.26 Å². The van der Waals surface area contributed by atoms with Crippen LogP contribution >= 0.6 is 11.8 Å². The minimum atomic E-state index is -0.489. The number of thioether (sulfide) groups is 1. The van der Waals surface area contributed by atoms with Gasteiger partial charge in [0, 0.05) is 22.3 Å². The van der Waals surface area contributed by atoms with Crippen LogP contribution in [0.1, 0.15) is 32.3 Å². The summed E-state index contributed by atoms with van der Waals surface area (Å²) in [6.45, 7) is 4.29. The molecule has 1 aliphatic heterocycles. The molecule has 0 saturated heterocycles. The average Bonchev–Trinajstić information content (AvgIpc) is 2.39. The van der Waals surface area contributed by atoms with Crippen molar-refractivity contribution in [2.75, 3.05) is 5.75 Å². The lowest BCUT2D eigenvalue weighted by molar-refractivity contribution is 0.351. The molecule has 17 heavy (non-hydrogen) atoms. The number of fused-ring (bicyclic) bond motifs is 1. The van der Waals surface area contributed by atoms with E-state index in [1.54, 1.807) is 0 Å². The molecule has 1 aromatic rings. The highest BCUT2D eigenvalue weighted by molar-refractivity contribution is 7.99. The largest absolute Gasteiger partial charge is 0.293 e. The van der Waals surface area contributed by atoms with E-state index >= 15 is 0 Å². The first kappa shape index (κ1) is 12.5. The topological polar surface area (TPSA) is 35.8 Å². The third kappa shape index (κ3) is 2.34. The zero-order valence-corrected chi connectivity index (χ0v) is 11.2. The zero-order valence-electron chi connectivity index (χ0n) is 10.4. The molecule has 0 saturated carbocycles. The fraction of sp³-hybridized carbons (Fsp3) is 0.500.